The van der Waals surface area contributed by atoms with Gasteiger partial charge in [0.15, 0.2) is 0 Å². The highest BCUT2D eigenvalue weighted by Crippen LogP contribution is 2.42. The van der Waals surface area contributed by atoms with Crippen LogP contribution < -0.4 is 28.4 Å². The maximum absolute atomic E-state index is 14.4. The van der Waals surface area contributed by atoms with E-state index in [1.54, 1.807) is 48.5 Å². The molecular formula is C68H56Br2N2O8S2. The monoisotopic (exact) mass is 1250 g/mol. The van der Waals surface area contributed by atoms with Crippen LogP contribution in [-0.4, -0.2) is 16.8 Å². The van der Waals surface area contributed by atoms with Crippen LogP contribution >= 0.6 is 31.9 Å². The molecule has 10 aromatic carbocycles. The summed E-state index contributed by atoms with van der Waals surface area (Å²) in [7, 11) is -8.19. The van der Waals surface area contributed by atoms with E-state index in [4.69, 9.17) is 18.9 Å². The smallest absolute Gasteiger partial charge is 0.261 e. The van der Waals surface area contributed by atoms with E-state index < -0.39 is 20.0 Å². The van der Waals surface area contributed by atoms with Gasteiger partial charge in [-0.2, -0.15) is 0 Å². The minimum absolute atomic E-state index is 0.103. The van der Waals surface area contributed by atoms with Crippen molar-refractivity contribution in [2.45, 2.75) is 61.9 Å². The van der Waals surface area contributed by atoms with Crippen LogP contribution in [0, 0.1) is 0 Å². The number of benzene rings is 10. The summed E-state index contributed by atoms with van der Waals surface area (Å²) in [6, 6.07) is 72.3. The van der Waals surface area contributed by atoms with E-state index in [1.165, 1.54) is 0 Å². The van der Waals surface area contributed by atoms with Crippen molar-refractivity contribution in [2.75, 3.05) is 9.44 Å². The van der Waals surface area contributed by atoms with Crippen molar-refractivity contribution in [3.63, 3.8) is 0 Å². The molecule has 0 spiro atoms. The SMILES string of the molecule is O=S(=O)(Nc1cc2c(OCc3ccccc3)c(c1)Cc1cccc(c1OCc1ccccc1)Cc1cc(NS(=O)(=O)c3ccc(Br)cc3)cc(c1OCc1ccccc1)Cc1cccc(c1OCc1ccccc1)C2)c1ccc(Br)cc1. The zero-order valence-electron chi connectivity index (χ0n) is 44.4. The molecule has 0 unspecified atom stereocenters. The number of ether oxygens (including phenoxy) is 4. The van der Waals surface area contributed by atoms with Crippen LogP contribution in [0.25, 0.3) is 0 Å². The predicted octanol–water partition coefficient (Wildman–Crippen LogP) is 15.8. The molecule has 0 amide bonds. The maximum Gasteiger partial charge on any atom is 0.261 e. The number of nitrogens with one attached hydrogen (secondary N) is 2. The van der Waals surface area contributed by atoms with Crippen LogP contribution in [0.2, 0.25) is 0 Å². The van der Waals surface area contributed by atoms with Gasteiger partial charge in [0.05, 0.1) is 9.79 Å². The van der Waals surface area contributed by atoms with Crippen LogP contribution in [-0.2, 0) is 72.2 Å². The number of hydrogen-bond donors (Lipinski definition) is 2. The van der Waals surface area contributed by atoms with Crippen molar-refractivity contribution in [3.05, 3.63) is 306 Å². The molecule has 0 saturated carbocycles. The third kappa shape index (κ3) is 13.8. The first-order valence-corrected chi connectivity index (χ1v) is 31.2. The van der Waals surface area contributed by atoms with Crippen molar-refractivity contribution in [1.82, 2.24) is 0 Å². The van der Waals surface area contributed by atoms with Crippen molar-refractivity contribution in [1.29, 1.82) is 0 Å². The lowest BCUT2D eigenvalue weighted by atomic mass is 9.90. The summed E-state index contributed by atoms with van der Waals surface area (Å²) in [6.45, 7) is 0.926. The van der Waals surface area contributed by atoms with Gasteiger partial charge < -0.3 is 18.9 Å². The average Bonchev–Trinajstić information content (AvgIpc) is 3.48. The van der Waals surface area contributed by atoms with Gasteiger partial charge in [0.25, 0.3) is 20.0 Å². The molecule has 0 saturated heterocycles. The molecule has 10 aromatic rings. The summed E-state index contributed by atoms with van der Waals surface area (Å²) >= 11 is 6.91. The van der Waals surface area contributed by atoms with Crippen LogP contribution in [0.4, 0.5) is 11.4 Å². The topological polar surface area (TPSA) is 129 Å². The first kappa shape index (κ1) is 55.8. The van der Waals surface area contributed by atoms with E-state index in [0.29, 0.717) is 56.6 Å². The fourth-order valence-electron chi connectivity index (χ4n) is 10.1. The van der Waals surface area contributed by atoms with Gasteiger partial charge in [-0.25, -0.2) is 16.8 Å². The Kier molecular flexibility index (Phi) is 17.2. The van der Waals surface area contributed by atoms with Crippen molar-refractivity contribution < 1.29 is 35.8 Å². The number of sulfonamides is 2. The Morgan fingerprint density at radius 2 is 0.549 bits per heavy atom. The summed E-state index contributed by atoms with van der Waals surface area (Å²) in [5.74, 6) is 2.39. The van der Waals surface area contributed by atoms with E-state index in [-0.39, 0.29) is 61.9 Å². The molecule has 2 N–H and O–H groups in total. The average molecular weight is 1250 g/mol. The molecule has 0 radical (unpaired) electrons. The van der Waals surface area contributed by atoms with Gasteiger partial charge in [-0.15, -0.1) is 0 Å². The first-order chi connectivity index (χ1) is 39.9. The lowest BCUT2D eigenvalue weighted by Crippen LogP contribution is -2.15. The minimum atomic E-state index is -4.09. The number of halogens is 2. The highest BCUT2D eigenvalue weighted by atomic mass is 79.9. The number of para-hydroxylation sites is 2. The van der Waals surface area contributed by atoms with Gasteiger partial charge in [0, 0.05) is 68.3 Å². The van der Waals surface area contributed by atoms with Gasteiger partial charge in [-0.3, -0.25) is 9.44 Å². The highest BCUT2D eigenvalue weighted by Gasteiger charge is 2.26. The van der Waals surface area contributed by atoms with E-state index >= 15 is 0 Å². The molecule has 82 heavy (non-hydrogen) atoms. The summed E-state index contributed by atoms with van der Waals surface area (Å²) in [4.78, 5) is 0.205. The summed E-state index contributed by atoms with van der Waals surface area (Å²) in [5.41, 5.74) is 10.5. The van der Waals surface area contributed by atoms with Crippen LogP contribution in [0.15, 0.2) is 249 Å². The quantitative estimate of drug-likeness (QED) is 0.0869. The molecule has 8 bridgehead atoms. The highest BCUT2D eigenvalue weighted by molar-refractivity contribution is 9.10. The van der Waals surface area contributed by atoms with Gasteiger partial charge >= 0.3 is 0 Å². The minimum Gasteiger partial charge on any atom is -0.488 e. The summed E-state index contributed by atoms with van der Waals surface area (Å²) < 4.78 is 93.0. The van der Waals surface area contributed by atoms with Crippen LogP contribution in [0.3, 0.4) is 0 Å². The fourth-order valence-corrected chi connectivity index (χ4v) is 12.7. The summed E-state index contributed by atoms with van der Waals surface area (Å²) in [5, 5.41) is 0. The lowest BCUT2D eigenvalue weighted by Gasteiger charge is -2.24. The maximum atomic E-state index is 14.4. The zero-order valence-corrected chi connectivity index (χ0v) is 49.2. The fraction of sp³-hybridized carbons (Fsp3) is 0.118. The Morgan fingerprint density at radius 1 is 0.305 bits per heavy atom. The molecular weight excluding hydrogens is 1200 g/mol. The number of fused-ring (bicyclic) bond motifs is 8. The third-order valence-electron chi connectivity index (χ3n) is 14.0. The zero-order chi connectivity index (χ0) is 56.5. The second-order valence-corrected chi connectivity index (χ2v) is 25.2. The summed E-state index contributed by atoms with van der Waals surface area (Å²) in [6.07, 6.45) is 0.984. The molecule has 412 valence electrons. The van der Waals surface area contributed by atoms with Crippen LogP contribution in [0.1, 0.15) is 66.8 Å². The Morgan fingerprint density at radius 3 is 0.805 bits per heavy atom. The molecule has 14 heteroatoms. The van der Waals surface area contributed by atoms with Crippen molar-refractivity contribution in [3.8, 4) is 23.0 Å². The van der Waals surface area contributed by atoms with Crippen molar-refractivity contribution >= 4 is 63.3 Å². The van der Waals surface area contributed by atoms with Gasteiger partial charge in [0.1, 0.15) is 49.4 Å². The molecule has 0 aromatic heterocycles. The van der Waals surface area contributed by atoms with Gasteiger partial charge in [-0.05, 0) is 117 Å². The predicted molar refractivity (Wildman–Crippen MR) is 330 cm³/mol. The molecule has 0 aliphatic heterocycles. The Labute approximate surface area is 496 Å². The normalized spacial score (nSPS) is 12.2. The molecule has 1 aliphatic rings. The Hall–Kier alpha value is -8.14. The van der Waals surface area contributed by atoms with E-state index in [2.05, 4.69) is 41.3 Å². The van der Waals surface area contributed by atoms with E-state index in [0.717, 1.165) is 53.5 Å². The van der Waals surface area contributed by atoms with Crippen molar-refractivity contribution in [2.24, 2.45) is 0 Å². The number of anilines is 2. The molecule has 0 atom stereocenters. The Balaban J connectivity index is 1.14. The van der Waals surface area contributed by atoms with Gasteiger partial charge in [0.2, 0.25) is 0 Å². The molecule has 10 nitrogen and oxygen atoms in total. The second-order valence-electron chi connectivity index (χ2n) is 20.0. The van der Waals surface area contributed by atoms with E-state index in [1.807, 2.05) is 182 Å². The second kappa shape index (κ2) is 25.3. The lowest BCUT2D eigenvalue weighted by molar-refractivity contribution is 0.293. The molecule has 11 rings (SSSR count). The molecule has 0 fully saturated rings. The van der Waals surface area contributed by atoms with Crippen LogP contribution in [0.5, 0.6) is 23.0 Å². The largest absolute Gasteiger partial charge is 0.488 e. The first-order valence-electron chi connectivity index (χ1n) is 26.7. The number of rotatable bonds is 18. The Bertz CT molecular complexity index is 3720. The molecule has 0 heterocycles. The standard InChI is InChI=1S/C68H56Br2N2O8S2/c69-59-27-31-63(32-28-59)81(73,74)71-61-39-55-35-51-23-13-24-52(65(51)77-43-47-15-5-1-6-16-47)36-56-40-62(72-82(75,76)64-33-29-60(70)30-34-64)42-58(68(56)80-46-50-21-11-4-12-22-50)38-54-26-14-25-53(66(54)78-44-48-17-7-2-8-18-48)37-57(41-61)67(55)79-45-49-19-9-3-10-20-49/h1-34,39-42,71-72H,35-38,43-46H2. The molecule has 1 aliphatic carbocycles. The number of hydrogen-bond acceptors (Lipinski definition) is 8. The third-order valence-corrected chi connectivity index (χ3v) is 17.9. The van der Waals surface area contributed by atoms with E-state index in [9.17, 15) is 16.8 Å². The van der Waals surface area contributed by atoms with Gasteiger partial charge in [-0.1, -0.05) is 190 Å².